The first-order valence-electron chi connectivity index (χ1n) is 6.90. The molecule has 126 valence electrons. The maximum atomic E-state index is 10.2. The zero-order valence-electron chi connectivity index (χ0n) is 11.8. The van der Waals surface area contributed by atoms with Gasteiger partial charge in [-0.05, 0) is 56.7 Å². The summed E-state index contributed by atoms with van der Waals surface area (Å²) in [6.07, 6.45) is 2.56. The van der Waals surface area contributed by atoms with Crippen molar-refractivity contribution in [2.45, 2.75) is 18.9 Å². The fourth-order valence-electron chi connectivity index (χ4n) is 2.95. The van der Waals surface area contributed by atoms with Crippen molar-refractivity contribution >= 4 is 72.6 Å². The Morgan fingerprint density at radius 2 is 1.68 bits per heavy atom. The van der Waals surface area contributed by atoms with Gasteiger partial charge in [-0.2, -0.15) is 0 Å². The molecule has 0 radical (unpaired) electrons. The Bertz CT molecular complexity index is 523. The van der Waals surface area contributed by atoms with E-state index in [4.69, 9.17) is 0 Å². The Balaban J connectivity index is 0.00000121. The number of rotatable bonds is 3. The number of phenols is 1. The van der Waals surface area contributed by atoms with Crippen molar-refractivity contribution in [2.24, 2.45) is 5.92 Å². The zero-order chi connectivity index (χ0) is 14.3. The molecule has 1 atom stereocenters. The van der Waals surface area contributed by atoms with Gasteiger partial charge in [-0.25, -0.2) is 0 Å². The summed E-state index contributed by atoms with van der Waals surface area (Å²) in [5.74, 6) is 1.00. The Kier molecular flexibility index (Phi) is 8.48. The summed E-state index contributed by atoms with van der Waals surface area (Å²) in [6, 6.07) is 2.34. The summed E-state index contributed by atoms with van der Waals surface area (Å²) in [6.45, 7) is 4.22. The summed E-state index contributed by atoms with van der Waals surface area (Å²) >= 11 is 10.7. The average Bonchev–Trinajstić information content (AvgIpc) is 3.26. The minimum absolute atomic E-state index is 0. The van der Waals surface area contributed by atoms with Crippen molar-refractivity contribution in [3.8, 4) is 5.75 Å². The van der Waals surface area contributed by atoms with Crippen molar-refractivity contribution < 1.29 is 5.11 Å². The molecular formula is C14H19Br3Cl2N2O. The number of nitrogens with zero attached hydrogens (tertiary/aromatic N) is 1. The topological polar surface area (TPSA) is 35.5 Å². The van der Waals surface area contributed by atoms with Crippen LogP contribution in [0.4, 0.5) is 0 Å². The van der Waals surface area contributed by atoms with Crippen molar-refractivity contribution in [3.63, 3.8) is 0 Å². The second kappa shape index (κ2) is 8.88. The molecule has 22 heavy (non-hydrogen) atoms. The van der Waals surface area contributed by atoms with E-state index in [0.29, 0.717) is 17.7 Å². The molecule has 0 aromatic heterocycles. The van der Waals surface area contributed by atoms with Crippen LogP contribution in [0.2, 0.25) is 0 Å². The molecule has 2 aliphatic rings. The number of hydrogen-bond acceptors (Lipinski definition) is 3. The van der Waals surface area contributed by atoms with Crippen LogP contribution in [-0.4, -0.2) is 36.2 Å². The predicted octanol–water partition coefficient (Wildman–Crippen LogP) is 4.88. The van der Waals surface area contributed by atoms with E-state index in [-0.39, 0.29) is 24.8 Å². The van der Waals surface area contributed by atoms with Crippen LogP contribution in [0.3, 0.4) is 0 Å². The zero-order valence-corrected chi connectivity index (χ0v) is 18.2. The number of halogens is 5. The molecule has 1 saturated carbocycles. The van der Waals surface area contributed by atoms with Gasteiger partial charge in [-0.15, -0.1) is 24.8 Å². The molecule has 0 unspecified atom stereocenters. The molecule has 1 aliphatic carbocycles. The second-order valence-electron chi connectivity index (χ2n) is 5.48. The largest absolute Gasteiger partial charge is 0.506 e. The normalized spacial score (nSPS) is 20.0. The Morgan fingerprint density at radius 3 is 2.23 bits per heavy atom. The van der Waals surface area contributed by atoms with Crippen LogP contribution < -0.4 is 5.32 Å². The van der Waals surface area contributed by atoms with E-state index in [1.165, 1.54) is 18.4 Å². The predicted molar refractivity (Wildman–Crippen MR) is 106 cm³/mol. The number of nitrogens with one attached hydrogen (secondary N) is 1. The summed E-state index contributed by atoms with van der Waals surface area (Å²) in [5, 5.41) is 13.6. The van der Waals surface area contributed by atoms with E-state index in [2.05, 4.69) is 58.0 Å². The fraction of sp³-hybridized carbons (Fsp3) is 0.571. The van der Waals surface area contributed by atoms with E-state index >= 15 is 0 Å². The number of piperazine rings is 1. The van der Waals surface area contributed by atoms with E-state index in [1.54, 1.807) is 0 Å². The average molecular weight is 542 g/mol. The SMILES string of the molecule is Cl.Cl.Oc1c(Br)cc(Br)c([C@@H](C2CC2)N2CCNCC2)c1Br. The summed E-state index contributed by atoms with van der Waals surface area (Å²) in [4.78, 5) is 2.55. The lowest BCUT2D eigenvalue weighted by Gasteiger charge is -2.36. The minimum Gasteiger partial charge on any atom is -0.506 e. The van der Waals surface area contributed by atoms with Gasteiger partial charge in [0.2, 0.25) is 0 Å². The number of hydrogen-bond donors (Lipinski definition) is 2. The summed E-state index contributed by atoms with van der Waals surface area (Å²) < 4.78 is 2.59. The van der Waals surface area contributed by atoms with Gasteiger partial charge in [0, 0.05) is 42.3 Å². The number of benzene rings is 1. The molecular weight excluding hydrogens is 523 g/mol. The lowest BCUT2D eigenvalue weighted by atomic mass is 9.99. The third-order valence-electron chi connectivity index (χ3n) is 4.09. The fourth-order valence-corrected chi connectivity index (χ4v) is 5.54. The third kappa shape index (κ3) is 4.32. The van der Waals surface area contributed by atoms with Gasteiger partial charge < -0.3 is 10.4 Å². The highest BCUT2D eigenvalue weighted by Crippen LogP contribution is 2.51. The van der Waals surface area contributed by atoms with E-state index in [1.807, 2.05) is 6.07 Å². The highest BCUT2D eigenvalue weighted by Gasteiger charge is 2.39. The minimum atomic E-state index is 0. The van der Waals surface area contributed by atoms with Crippen LogP contribution in [0.5, 0.6) is 5.75 Å². The molecule has 2 N–H and O–H groups in total. The van der Waals surface area contributed by atoms with Crippen molar-refractivity contribution in [2.75, 3.05) is 26.2 Å². The van der Waals surface area contributed by atoms with E-state index in [0.717, 1.165) is 39.6 Å². The Labute approximate surface area is 168 Å². The lowest BCUT2D eigenvalue weighted by Crippen LogP contribution is -2.45. The maximum Gasteiger partial charge on any atom is 0.144 e. The molecule has 1 aromatic rings. The van der Waals surface area contributed by atoms with Gasteiger partial charge >= 0.3 is 0 Å². The molecule has 3 nitrogen and oxygen atoms in total. The molecule has 8 heteroatoms. The monoisotopic (exact) mass is 538 g/mol. The Hall–Kier alpha value is 0.960. The van der Waals surface area contributed by atoms with Crippen LogP contribution in [-0.2, 0) is 0 Å². The standard InChI is InChI=1S/C14H17Br3N2O.2ClH/c15-9-7-10(16)14(20)12(17)11(9)13(8-1-2-8)19-5-3-18-4-6-19;;/h7-8,13,18,20H,1-6H2;2*1H/t13-;;/m1../s1. The lowest BCUT2D eigenvalue weighted by molar-refractivity contribution is 0.155. The third-order valence-corrected chi connectivity index (χ3v) is 6.15. The van der Waals surface area contributed by atoms with Crippen LogP contribution in [0.15, 0.2) is 19.5 Å². The number of phenolic OH excluding ortho intramolecular Hbond substituents is 1. The van der Waals surface area contributed by atoms with E-state index in [9.17, 15) is 5.11 Å². The molecule has 0 amide bonds. The molecule has 1 heterocycles. The van der Waals surface area contributed by atoms with Gasteiger partial charge in [0.05, 0.1) is 8.95 Å². The number of aromatic hydroxyl groups is 1. The van der Waals surface area contributed by atoms with E-state index < -0.39 is 0 Å². The smallest absolute Gasteiger partial charge is 0.144 e. The van der Waals surface area contributed by atoms with Crippen LogP contribution in [0.1, 0.15) is 24.4 Å². The molecule has 1 saturated heterocycles. The maximum absolute atomic E-state index is 10.2. The molecule has 3 rings (SSSR count). The summed E-state index contributed by atoms with van der Waals surface area (Å²) in [5.41, 5.74) is 1.19. The van der Waals surface area contributed by atoms with Crippen molar-refractivity contribution in [3.05, 3.63) is 25.0 Å². The Morgan fingerprint density at radius 1 is 1.09 bits per heavy atom. The second-order valence-corrected chi connectivity index (χ2v) is 7.99. The van der Waals surface area contributed by atoms with Crippen molar-refractivity contribution in [1.82, 2.24) is 10.2 Å². The quantitative estimate of drug-likeness (QED) is 0.573. The first kappa shape index (κ1) is 21.0. The highest BCUT2D eigenvalue weighted by molar-refractivity contribution is 9.11. The first-order valence-corrected chi connectivity index (χ1v) is 9.28. The van der Waals surface area contributed by atoms with Gasteiger partial charge in [-0.1, -0.05) is 15.9 Å². The summed E-state index contributed by atoms with van der Waals surface area (Å²) in [7, 11) is 0. The van der Waals surface area contributed by atoms with Crippen molar-refractivity contribution in [1.29, 1.82) is 0 Å². The van der Waals surface area contributed by atoms with Gasteiger partial charge in [-0.3, -0.25) is 4.90 Å². The van der Waals surface area contributed by atoms with Gasteiger partial charge in [0.15, 0.2) is 0 Å². The van der Waals surface area contributed by atoms with Crippen LogP contribution in [0, 0.1) is 5.92 Å². The molecule has 2 fully saturated rings. The molecule has 0 spiro atoms. The van der Waals surface area contributed by atoms with Crippen LogP contribution >= 0.6 is 72.6 Å². The first-order chi connectivity index (χ1) is 9.59. The molecule has 1 aromatic carbocycles. The molecule has 0 bridgehead atoms. The van der Waals surface area contributed by atoms with Gasteiger partial charge in [0.25, 0.3) is 0 Å². The van der Waals surface area contributed by atoms with Gasteiger partial charge in [0.1, 0.15) is 5.75 Å². The highest BCUT2D eigenvalue weighted by atomic mass is 79.9. The molecule has 1 aliphatic heterocycles. The van der Waals surface area contributed by atoms with Crippen LogP contribution in [0.25, 0.3) is 0 Å².